The second kappa shape index (κ2) is 3.47. The van der Waals surface area contributed by atoms with Crippen molar-refractivity contribution in [3.8, 4) is 0 Å². The van der Waals surface area contributed by atoms with Crippen LogP contribution in [0.15, 0.2) is 11.0 Å². The molecular weight excluding hydrogens is 183 g/mol. The maximum atomic E-state index is 10.4. The number of hydrogen-bond donors (Lipinski definition) is 2. The molecule has 4 nitrogen and oxygen atoms in total. The molecule has 0 amide bonds. The van der Waals surface area contributed by atoms with Crippen molar-refractivity contribution in [2.75, 3.05) is 5.73 Å². The van der Waals surface area contributed by atoms with Crippen LogP contribution in [0.25, 0.3) is 0 Å². The maximum Gasteiger partial charge on any atom is 0.346 e. The van der Waals surface area contributed by atoms with Gasteiger partial charge < -0.3 is 5.73 Å². The SMILES string of the molecule is Cc1cnc(=O)[nH]c1N.[Zn]. The standard InChI is InChI=1S/C5H7N3O.Zn/c1-3-2-7-5(9)8-4(3)6;/h2H,1H3,(H3,6,7,8,9);. The molecule has 0 aliphatic heterocycles. The minimum Gasteiger partial charge on any atom is -0.385 e. The van der Waals surface area contributed by atoms with E-state index in [1.807, 2.05) is 0 Å². The zero-order valence-corrected chi connectivity index (χ0v) is 8.68. The molecule has 0 fully saturated rings. The van der Waals surface area contributed by atoms with Gasteiger partial charge in [0.05, 0.1) is 0 Å². The number of anilines is 1. The number of aromatic amines is 1. The number of hydrogen-bond acceptors (Lipinski definition) is 3. The number of nitrogens with two attached hydrogens (primary N) is 1. The normalized spacial score (nSPS) is 8.50. The van der Waals surface area contributed by atoms with Crippen LogP contribution in [-0.2, 0) is 19.5 Å². The van der Waals surface area contributed by atoms with E-state index in [4.69, 9.17) is 5.73 Å². The first-order chi connectivity index (χ1) is 4.20. The van der Waals surface area contributed by atoms with Crippen molar-refractivity contribution in [2.24, 2.45) is 0 Å². The Labute approximate surface area is 70.6 Å². The van der Waals surface area contributed by atoms with Gasteiger partial charge in [-0.15, -0.1) is 0 Å². The molecule has 0 saturated carbocycles. The fourth-order valence-electron chi connectivity index (χ4n) is 0.471. The number of nitrogen functional groups attached to an aromatic ring is 1. The summed E-state index contributed by atoms with van der Waals surface area (Å²) >= 11 is 0. The summed E-state index contributed by atoms with van der Waals surface area (Å²) in [6.07, 6.45) is 1.44. The van der Waals surface area contributed by atoms with Crippen LogP contribution in [0.3, 0.4) is 0 Å². The van der Waals surface area contributed by atoms with Crippen molar-refractivity contribution in [1.82, 2.24) is 9.97 Å². The van der Waals surface area contributed by atoms with E-state index in [1.165, 1.54) is 6.20 Å². The van der Waals surface area contributed by atoms with Crippen LogP contribution in [0.1, 0.15) is 5.56 Å². The predicted molar refractivity (Wildman–Crippen MR) is 34.0 cm³/mol. The van der Waals surface area contributed by atoms with Gasteiger partial charge >= 0.3 is 5.69 Å². The van der Waals surface area contributed by atoms with Crippen molar-refractivity contribution in [1.29, 1.82) is 0 Å². The Hall–Kier alpha value is -0.697. The Balaban J connectivity index is 0.000000810. The molecule has 0 radical (unpaired) electrons. The average molecular weight is 191 g/mol. The summed E-state index contributed by atoms with van der Waals surface area (Å²) in [7, 11) is 0. The Morgan fingerprint density at radius 3 is 2.70 bits per heavy atom. The van der Waals surface area contributed by atoms with Gasteiger partial charge in [-0.3, -0.25) is 4.98 Å². The molecule has 1 heterocycles. The Morgan fingerprint density at radius 2 is 2.30 bits per heavy atom. The summed E-state index contributed by atoms with van der Waals surface area (Å²) < 4.78 is 0. The minimum absolute atomic E-state index is 0. The third-order valence-electron chi connectivity index (χ3n) is 1.04. The second-order valence-electron chi connectivity index (χ2n) is 1.79. The summed E-state index contributed by atoms with van der Waals surface area (Å²) in [5.41, 5.74) is 5.71. The van der Waals surface area contributed by atoms with Gasteiger partial charge in [0.25, 0.3) is 0 Å². The second-order valence-corrected chi connectivity index (χ2v) is 1.79. The summed E-state index contributed by atoms with van der Waals surface area (Å²) in [6, 6.07) is 0. The smallest absolute Gasteiger partial charge is 0.346 e. The molecule has 0 atom stereocenters. The summed E-state index contributed by atoms with van der Waals surface area (Å²) in [4.78, 5) is 16.2. The summed E-state index contributed by atoms with van der Waals surface area (Å²) in [6.45, 7) is 1.78. The summed E-state index contributed by atoms with van der Waals surface area (Å²) in [5.74, 6) is 0.384. The molecule has 0 bridgehead atoms. The van der Waals surface area contributed by atoms with E-state index in [1.54, 1.807) is 6.92 Å². The molecule has 0 saturated heterocycles. The first kappa shape index (κ1) is 9.30. The number of nitrogens with one attached hydrogen (secondary N) is 1. The fourth-order valence-corrected chi connectivity index (χ4v) is 0.471. The van der Waals surface area contributed by atoms with Crippen molar-refractivity contribution < 1.29 is 19.5 Å². The summed E-state index contributed by atoms with van der Waals surface area (Å²) in [5, 5.41) is 0. The molecule has 1 rings (SSSR count). The zero-order chi connectivity index (χ0) is 6.85. The topological polar surface area (TPSA) is 71.8 Å². The minimum atomic E-state index is -0.405. The largest absolute Gasteiger partial charge is 0.385 e. The van der Waals surface area contributed by atoms with Gasteiger partial charge in [-0.1, -0.05) is 0 Å². The van der Waals surface area contributed by atoms with Gasteiger partial charge in [-0.05, 0) is 6.92 Å². The van der Waals surface area contributed by atoms with Crippen LogP contribution in [0.2, 0.25) is 0 Å². The quantitative estimate of drug-likeness (QED) is 0.550. The van der Waals surface area contributed by atoms with Gasteiger partial charge in [-0.25, -0.2) is 9.78 Å². The third kappa shape index (κ3) is 1.92. The number of nitrogens with zero attached hydrogens (tertiary/aromatic N) is 1. The van der Waals surface area contributed by atoms with Crippen LogP contribution in [0.5, 0.6) is 0 Å². The maximum absolute atomic E-state index is 10.4. The van der Waals surface area contributed by atoms with E-state index < -0.39 is 5.69 Å². The molecule has 1 aromatic rings. The molecule has 50 valence electrons. The molecule has 0 spiro atoms. The number of aryl methyl sites for hydroxylation is 1. The van der Waals surface area contributed by atoms with E-state index in [2.05, 4.69) is 9.97 Å². The molecule has 0 aromatic carbocycles. The monoisotopic (exact) mass is 189 g/mol. The molecule has 0 aliphatic rings. The molecule has 1 aromatic heterocycles. The van der Waals surface area contributed by atoms with Crippen LogP contribution < -0.4 is 11.4 Å². The van der Waals surface area contributed by atoms with Gasteiger partial charge in [0.1, 0.15) is 5.82 Å². The fraction of sp³-hybridized carbons (Fsp3) is 0.200. The van der Waals surface area contributed by atoms with Crippen molar-refractivity contribution in [3.63, 3.8) is 0 Å². The van der Waals surface area contributed by atoms with Gasteiger partial charge in [0.15, 0.2) is 0 Å². The number of aromatic nitrogens is 2. The molecule has 0 aliphatic carbocycles. The zero-order valence-electron chi connectivity index (χ0n) is 5.72. The first-order valence-corrected chi connectivity index (χ1v) is 2.51. The van der Waals surface area contributed by atoms with E-state index >= 15 is 0 Å². The Bertz CT molecular complexity index is 270. The van der Waals surface area contributed by atoms with Crippen LogP contribution >= 0.6 is 0 Å². The predicted octanol–water partition coefficient (Wildman–Crippen LogP) is -0.342. The Morgan fingerprint density at radius 1 is 1.70 bits per heavy atom. The van der Waals surface area contributed by atoms with E-state index in [0.717, 1.165) is 5.56 Å². The van der Waals surface area contributed by atoms with Gasteiger partial charge in [-0.2, -0.15) is 0 Å². The average Bonchev–Trinajstić information content (AvgIpc) is 1.80. The van der Waals surface area contributed by atoms with Crippen molar-refractivity contribution >= 4 is 5.82 Å². The molecule has 3 N–H and O–H groups in total. The molecule has 0 unspecified atom stereocenters. The molecular formula is C5H7N3OZn. The van der Waals surface area contributed by atoms with Crippen LogP contribution in [0, 0.1) is 6.92 Å². The number of rotatable bonds is 0. The Kier molecular flexibility index (Phi) is 3.22. The van der Waals surface area contributed by atoms with E-state index in [0.29, 0.717) is 5.82 Å². The van der Waals surface area contributed by atoms with Crippen molar-refractivity contribution in [3.05, 3.63) is 22.2 Å². The molecule has 5 heteroatoms. The van der Waals surface area contributed by atoms with Gasteiger partial charge in [0.2, 0.25) is 0 Å². The van der Waals surface area contributed by atoms with E-state index in [9.17, 15) is 4.79 Å². The van der Waals surface area contributed by atoms with E-state index in [-0.39, 0.29) is 19.5 Å². The molecule has 10 heavy (non-hydrogen) atoms. The van der Waals surface area contributed by atoms with Crippen LogP contribution in [0.4, 0.5) is 5.82 Å². The first-order valence-electron chi connectivity index (χ1n) is 2.51. The van der Waals surface area contributed by atoms with Gasteiger partial charge in [0, 0.05) is 31.2 Å². The van der Waals surface area contributed by atoms with Crippen LogP contribution in [-0.4, -0.2) is 9.97 Å². The number of H-pyrrole nitrogens is 1. The van der Waals surface area contributed by atoms with Crippen molar-refractivity contribution in [2.45, 2.75) is 6.92 Å². The third-order valence-corrected chi connectivity index (χ3v) is 1.04.